The number of nitrogens with zero attached hydrogens (tertiary/aromatic N) is 1. The maximum Gasteiger partial charge on any atom is 0.336 e. The molecule has 0 saturated carbocycles. The van der Waals surface area contributed by atoms with Crippen LogP contribution in [0.2, 0.25) is 0 Å². The minimum absolute atomic E-state index is 0.00508. The van der Waals surface area contributed by atoms with Crippen LogP contribution in [0.1, 0.15) is 16.1 Å². The van der Waals surface area contributed by atoms with Gasteiger partial charge in [-0.05, 0) is 6.07 Å². The number of H-pyrrole nitrogens is 1. The molecule has 2 aromatic heterocycles. The minimum atomic E-state index is -3.66. The summed E-state index contributed by atoms with van der Waals surface area (Å²) in [6.45, 7) is 0.213. The van der Waals surface area contributed by atoms with Crippen molar-refractivity contribution >= 4 is 27.3 Å². The lowest BCUT2D eigenvalue weighted by molar-refractivity contribution is 0.0697. The van der Waals surface area contributed by atoms with E-state index in [1.165, 1.54) is 11.7 Å². The molecular weight excluding hydrogens is 290 g/mol. The van der Waals surface area contributed by atoms with Gasteiger partial charge in [-0.1, -0.05) is 0 Å². The van der Waals surface area contributed by atoms with E-state index in [1.54, 1.807) is 6.20 Å². The highest BCUT2D eigenvalue weighted by Crippen LogP contribution is 2.19. The SMILES string of the molecule is O=C(O)c1csc(S(=O)(=O)NCCc2cnc[nH]2)c1. The van der Waals surface area contributed by atoms with Gasteiger partial charge in [0.2, 0.25) is 10.0 Å². The number of carbonyl (C=O) groups is 1. The van der Waals surface area contributed by atoms with Gasteiger partial charge < -0.3 is 10.1 Å². The van der Waals surface area contributed by atoms with E-state index in [0.717, 1.165) is 23.1 Å². The number of aromatic carboxylic acids is 1. The molecular formula is C10H11N3O4S2. The Bertz CT molecular complexity index is 661. The lowest BCUT2D eigenvalue weighted by Gasteiger charge is -2.03. The number of carboxylic acid groups (broad SMARTS) is 1. The van der Waals surface area contributed by atoms with Crippen molar-refractivity contribution in [3.63, 3.8) is 0 Å². The summed E-state index contributed by atoms with van der Waals surface area (Å²) < 4.78 is 26.2. The van der Waals surface area contributed by atoms with E-state index in [1.807, 2.05) is 0 Å². The van der Waals surface area contributed by atoms with Crippen LogP contribution in [-0.4, -0.2) is 36.0 Å². The Kier molecular flexibility index (Phi) is 3.98. The molecule has 2 rings (SSSR count). The molecule has 7 nitrogen and oxygen atoms in total. The summed E-state index contributed by atoms with van der Waals surface area (Å²) in [5.41, 5.74) is 0.791. The summed E-state index contributed by atoms with van der Waals surface area (Å²) in [6.07, 6.45) is 3.61. The molecule has 0 aromatic carbocycles. The van der Waals surface area contributed by atoms with Crippen LogP contribution < -0.4 is 4.72 Å². The summed E-state index contributed by atoms with van der Waals surface area (Å²) in [5.74, 6) is -1.14. The van der Waals surface area contributed by atoms with E-state index >= 15 is 0 Å². The van der Waals surface area contributed by atoms with Gasteiger partial charge in [0.15, 0.2) is 0 Å². The molecule has 3 N–H and O–H groups in total. The summed E-state index contributed by atoms with van der Waals surface area (Å²) in [7, 11) is -3.66. The predicted octanol–water partition coefficient (Wildman–Crippen LogP) is 0.690. The number of rotatable bonds is 6. The number of nitrogens with one attached hydrogen (secondary N) is 2. The third-order valence-electron chi connectivity index (χ3n) is 2.33. The van der Waals surface area contributed by atoms with E-state index in [2.05, 4.69) is 14.7 Å². The average Bonchev–Trinajstić information content (AvgIpc) is 2.99. The molecule has 0 amide bonds. The third-order valence-corrected chi connectivity index (χ3v) is 5.23. The maximum absolute atomic E-state index is 11.9. The molecule has 0 aliphatic rings. The molecule has 0 aliphatic carbocycles. The topological polar surface area (TPSA) is 112 Å². The first-order chi connectivity index (χ1) is 8.99. The van der Waals surface area contributed by atoms with Crippen molar-refractivity contribution in [1.29, 1.82) is 0 Å². The Hall–Kier alpha value is -1.71. The predicted molar refractivity (Wildman–Crippen MR) is 68.8 cm³/mol. The smallest absolute Gasteiger partial charge is 0.336 e. The van der Waals surface area contributed by atoms with Crippen molar-refractivity contribution in [2.45, 2.75) is 10.6 Å². The van der Waals surface area contributed by atoms with Crippen LogP contribution in [0.5, 0.6) is 0 Å². The van der Waals surface area contributed by atoms with Gasteiger partial charge in [0, 0.05) is 30.2 Å². The number of sulfonamides is 1. The maximum atomic E-state index is 11.9. The molecule has 0 aliphatic heterocycles. The monoisotopic (exact) mass is 301 g/mol. The Morgan fingerprint density at radius 3 is 2.89 bits per heavy atom. The van der Waals surface area contributed by atoms with E-state index in [9.17, 15) is 13.2 Å². The quantitative estimate of drug-likeness (QED) is 0.726. The lowest BCUT2D eigenvalue weighted by atomic mass is 10.3. The van der Waals surface area contributed by atoms with Gasteiger partial charge in [-0.3, -0.25) is 0 Å². The number of hydrogen-bond acceptors (Lipinski definition) is 5. The van der Waals surface area contributed by atoms with Gasteiger partial charge in [-0.25, -0.2) is 22.9 Å². The lowest BCUT2D eigenvalue weighted by Crippen LogP contribution is -2.25. The fourth-order valence-corrected chi connectivity index (χ4v) is 3.61. The number of hydrogen-bond donors (Lipinski definition) is 3. The standard InChI is InChI=1S/C10H11N3O4S2/c14-10(15)7-3-9(18-5-7)19(16,17)13-2-1-8-4-11-6-12-8/h3-6,13H,1-2H2,(H,11,12)(H,14,15). The average molecular weight is 301 g/mol. The van der Waals surface area contributed by atoms with Gasteiger partial charge in [0.1, 0.15) is 4.21 Å². The molecule has 2 aromatic rings. The van der Waals surface area contributed by atoms with Crippen molar-refractivity contribution in [3.05, 3.63) is 35.2 Å². The fourth-order valence-electron chi connectivity index (χ4n) is 1.38. The van der Waals surface area contributed by atoms with Gasteiger partial charge in [0.05, 0.1) is 11.9 Å². The number of imidazole rings is 1. The normalized spacial score (nSPS) is 11.6. The molecule has 9 heteroatoms. The van der Waals surface area contributed by atoms with E-state index < -0.39 is 16.0 Å². The number of carboxylic acids is 1. The van der Waals surface area contributed by atoms with E-state index in [0.29, 0.717) is 6.42 Å². The van der Waals surface area contributed by atoms with Gasteiger partial charge in [0.25, 0.3) is 0 Å². The second-order valence-electron chi connectivity index (χ2n) is 3.68. The van der Waals surface area contributed by atoms with Crippen LogP contribution in [0, 0.1) is 0 Å². The van der Waals surface area contributed by atoms with Gasteiger partial charge in [-0.2, -0.15) is 0 Å². The minimum Gasteiger partial charge on any atom is -0.478 e. The van der Waals surface area contributed by atoms with Crippen LogP contribution in [0.3, 0.4) is 0 Å². The molecule has 2 heterocycles. The second-order valence-corrected chi connectivity index (χ2v) is 6.59. The highest BCUT2D eigenvalue weighted by molar-refractivity contribution is 7.91. The zero-order valence-electron chi connectivity index (χ0n) is 9.66. The molecule has 0 bridgehead atoms. The molecule has 19 heavy (non-hydrogen) atoms. The van der Waals surface area contributed by atoms with Crippen molar-refractivity contribution in [2.75, 3.05) is 6.54 Å². The molecule has 0 spiro atoms. The highest BCUT2D eigenvalue weighted by Gasteiger charge is 2.18. The molecule has 0 atom stereocenters. The summed E-state index contributed by atoms with van der Waals surface area (Å²) in [5, 5.41) is 10.0. The fraction of sp³-hybridized carbons (Fsp3) is 0.200. The molecule has 0 unspecified atom stereocenters. The second kappa shape index (κ2) is 5.51. The number of aromatic amines is 1. The Labute approximate surface area is 113 Å². The van der Waals surface area contributed by atoms with Crippen LogP contribution in [-0.2, 0) is 16.4 Å². The van der Waals surface area contributed by atoms with Crippen LogP contribution in [0.25, 0.3) is 0 Å². The third kappa shape index (κ3) is 3.40. The van der Waals surface area contributed by atoms with Crippen LogP contribution in [0.15, 0.2) is 28.2 Å². The first-order valence-corrected chi connectivity index (χ1v) is 7.64. The van der Waals surface area contributed by atoms with E-state index in [4.69, 9.17) is 5.11 Å². The Morgan fingerprint density at radius 2 is 2.32 bits per heavy atom. The van der Waals surface area contributed by atoms with Crippen LogP contribution >= 0.6 is 11.3 Å². The van der Waals surface area contributed by atoms with E-state index in [-0.39, 0.29) is 16.3 Å². The first-order valence-electron chi connectivity index (χ1n) is 5.28. The Balaban J connectivity index is 1.99. The molecule has 0 saturated heterocycles. The van der Waals surface area contributed by atoms with Crippen molar-refractivity contribution in [3.8, 4) is 0 Å². The van der Waals surface area contributed by atoms with Crippen LogP contribution in [0.4, 0.5) is 0 Å². The number of thiophene rings is 1. The van der Waals surface area contributed by atoms with Gasteiger partial charge >= 0.3 is 5.97 Å². The van der Waals surface area contributed by atoms with Crippen molar-refractivity contribution in [2.24, 2.45) is 0 Å². The van der Waals surface area contributed by atoms with Crippen molar-refractivity contribution < 1.29 is 18.3 Å². The van der Waals surface area contributed by atoms with Gasteiger partial charge in [-0.15, -0.1) is 11.3 Å². The number of aromatic nitrogens is 2. The highest BCUT2D eigenvalue weighted by atomic mass is 32.2. The summed E-state index contributed by atoms with van der Waals surface area (Å²) in [6, 6.07) is 1.14. The Morgan fingerprint density at radius 1 is 1.53 bits per heavy atom. The van der Waals surface area contributed by atoms with Crippen molar-refractivity contribution in [1.82, 2.24) is 14.7 Å². The molecule has 0 fully saturated rings. The molecule has 0 radical (unpaired) electrons. The molecule has 102 valence electrons. The summed E-state index contributed by atoms with van der Waals surface area (Å²) in [4.78, 5) is 17.4. The summed E-state index contributed by atoms with van der Waals surface area (Å²) >= 11 is 0.881. The zero-order valence-corrected chi connectivity index (χ0v) is 11.3. The first kappa shape index (κ1) is 13.7. The zero-order chi connectivity index (χ0) is 13.9. The largest absolute Gasteiger partial charge is 0.478 e.